The minimum absolute atomic E-state index is 0.903. The lowest BCUT2D eigenvalue weighted by molar-refractivity contribution is -0.146. The van der Waals surface area contributed by atoms with Crippen LogP contribution in [0.4, 0.5) is 0 Å². The van der Waals surface area contributed by atoms with Gasteiger partial charge in [0.05, 0.1) is 0 Å². The Bertz CT molecular complexity index is 308. The molecule has 0 spiro atoms. The molecule has 0 aromatic carbocycles. The highest BCUT2D eigenvalue weighted by Crippen LogP contribution is 2.25. The van der Waals surface area contributed by atoms with Crippen molar-refractivity contribution in [2.45, 2.75) is 13.0 Å². The van der Waals surface area contributed by atoms with Gasteiger partial charge in [-0.3, -0.25) is 14.4 Å². The number of rotatable bonds is 4. The quantitative estimate of drug-likeness (QED) is 0.202. The standard InChI is InChI=1S/C6H8O5.H3O4P/c1-3(8)5(10)6(11)4(9)2-7;1-5(2,3)4/h6-7,11H,2H2,1H3;(H3,1,2,3,4). The fourth-order valence-electron chi connectivity index (χ4n) is 0.425. The molecule has 0 fully saturated rings. The van der Waals surface area contributed by atoms with Gasteiger partial charge in [0, 0.05) is 6.92 Å². The van der Waals surface area contributed by atoms with Crippen molar-refractivity contribution in [2.24, 2.45) is 0 Å². The van der Waals surface area contributed by atoms with Gasteiger partial charge in [0.25, 0.3) is 0 Å². The monoisotopic (exact) mass is 258 g/mol. The van der Waals surface area contributed by atoms with Crippen LogP contribution in [0.5, 0.6) is 0 Å². The molecule has 0 aliphatic heterocycles. The van der Waals surface area contributed by atoms with Crippen LogP contribution in [0, 0.1) is 0 Å². The van der Waals surface area contributed by atoms with Gasteiger partial charge in [0.1, 0.15) is 6.61 Å². The highest BCUT2D eigenvalue weighted by molar-refractivity contribution is 7.45. The van der Waals surface area contributed by atoms with Gasteiger partial charge < -0.3 is 24.9 Å². The second-order valence-corrected chi connectivity index (χ2v) is 3.49. The van der Waals surface area contributed by atoms with Crippen molar-refractivity contribution in [1.82, 2.24) is 0 Å². The van der Waals surface area contributed by atoms with Crippen molar-refractivity contribution in [3.63, 3.8) is 0 Å². The zero-order valence-corrected chi connectivity index (χ0v) is 9.00. The number of ketones is 3. The van der Waals surface area contributed by atoms with Crippen molar-refractivity contribution >= 4 is 25.2 Å². The molecule has 1 atom stereocenters. The maximum atomic E-state index is 10.5. The van der Waals surface area contributed by atoms with Crippen LogP contribution in [0.15, 0.2) is 0 Å². The van der Waals surface area contributed by atoms with Crippen molar-refractivity contribution in [2.75, 3.05) is 6.61 Å². The third kappa shape index (κ3) is 11.1. The molecule has 0 saturated carbocycles. The Morgan fingerprint density at radius 2 is 1.50 bits per heavy atom. The smallest absolute Gasteiger partial charge is 0.388 e. The lowest BCUT2D eigenvalue weighted by atomic mass is 10.1. The van der Waals surface area contributed by atoms with E-state index >= 15 is 0 Å². The second-order valence-electron chi connectivity index (χ2n) is 2.46. The first-order valence-electron chi connectivity index (χ1n) is 3.65. The number of phosphoric acid groups is 1. The van der Waals surface area contributed by atoms with Crippen molar-refractivity contribution in [3.05, 3.63) is 0 Å². The molecule has 0 aromatic rings. The molecule has 5 N–H and O–H groups in total. The molecule has 0 bridgehead atoms. The number of aliphatic hydroxyl groups is 2. The van der Waals surface area contributed by atoms with Gasteiger partial charge in [-0.1, -0.05) is 0 Å². The van der Waals surface area contributed by atoms with Crippen molar-refractivity contribution < 1.29 is 43.8 Å². The molecule has 0 amide bonds. The van der Waals surface area contributed by atoms with Crippen LogP contribution in [0.3, 0.4) is 0 Å². The molecule has 0 saturated heterocycles. The first-order chi connectivity index (χ1) is 7.00. The summed E-state index contributed by atoms with van der Waals surface area (Å²) in [6.45, 7) is -0.00358. The van der Waals surface area contributed by atoms with Gasteiger partial charge in [0.15, 0.2) is 17.7 Å². The number of hydrogen-bond acceptors (Lipinski definition) is 6. The minimum atomic E-state index is -4.64. The summed E-state index contributed by atoms with van der Waals surface area (Å²) >= 11 is 0. The molecule has 16 heavy (non-hydrogen) atoms. The Morgan fingerprint density at radius 3 is 1.69 bits per heavy atom. The predicted molar refractivity (Wildman–Crippen MR) is 48.1 cm³/mol. The molecule has 0 aromatic heterocycles. The number of hydrogen-bond donors (Lipinski definition) is 5. The van der Waals surface area contributed by atoms with Gasteiger partial charge in [0.2, 0.25) is 5.78 Å². The van der Waals surface area contributed by atoms with Gasteiger partial charge in [-0.2, -0.15) is 0 Å². The Hall–Kier alpha value is -0.960. The number of aliphatic hydroxyl groups excluding tert-OH is 2. The summed E-state index contributed by atoms with van der Waals surface area (Å²) in [5.41, 5.74) is 0. The maximum absolute atomic E-state index is 10.5. The number of carbonyl (C=O) groups is 3. The third-order valence-corrected chi connectivity index (χ3v) is 1.06. The summed E-state index contributed by atoms with van der Waals surface area (Å²) in [4.78, 5) is 52.7. The van der Waals surface area contributed by atoms with E-state index in [2.05, 4.69) is 0 Å². The predicted octanol–water partition coefficient (Wildman–Crippen LogP) is -2.86. The van der Waals surface area contributed by atoms with E-state index in [1.165, 1.54) is 0 Å². The lowest BCUT2D eigenvalue weighted by Crippen LogP contribution is -2.35. The zero-order chi connectivity index (χ0) is 13.5. The summed E-state index contributed by atoms with van der Waals surface area (Å²) in [5.74, 6) is -3.16. The average molecular weight is 258 g/mol. The van der Waals surface area contributed by atoms with E-state index in [9.17, 15) is 14.4 Å². The SMILES string of the molecule is CC(=O)C(=O)C(O)C(=O)CO.O=P(O)(O)O. The van der Waals surface area contributed by atoms with E-state index < -0.39 is 37.9 Å². The molecular formula is C6H11O9P. The van der Waals surface area contributed by atoms with Gasteiger partial charge in [-0.05, 0) is 0 Å². The summed E-state index contributed by atoms with van der Waals surface area (Å²) in [6, 6.07) is 0. The van der Waals surface area contributed by atoms with Crippen molar-refractivity contribution in [3.8, 4) is 0 Å². The average Bonchev–Trinajstić information content (AvgIpc) is 2.11. The largest absolute Gasteiger partial charge is 0.466 e. The molecule has 0 rings (SSSR count). The summed E-state index contributed by atoms with van der Waals surface area (Å²) in [6.07, 6.45) is -2.00. The summed E-state index contributed by atoms with van der Waals surface area (Å²) in [7, 11) is -4.64. The molecule has 0 aliphatic rings. The van der Waals surface area contributed by atoms with Crippen LogP contribution < -0.4 is 0 Å². The van der Waals surface area contributed by atoms with Crippen LogP contribution in [-0.2, 0) is 18.9 Å². The minimum Gasteiger partial charge on any atom is -0.388 e. The van der Waals surface area contributed by atoms with Crippen LogP contribution in [0.1, 0.15) is 6.92 Å². The van der Waals surface area contributed by atoms with Gasteiger partial charge >= 0.3 is 7.82 Å². The first-order valence-corrected chi connectivity index (χ1v) is 5.22. The van der Waals surface area contributed by atoms with Gasteiger partial charge in [-0.25, -0.2) is 4.57 Å². The van der Waals surface area contributed by atoms with Gasteiger partial charge in [-0.15, -0.1) is 0 Å². The van der Waals surface area contributed by atoms with E-state index in [1.807, 2.05) is 0 Å². The molecule has 9 nitrogen and oxygen atoms in total. The van der Waals surface area contributed by atoms with E-state index in [1.54, 1.807) is 0 Å². The van der Waals surface area contributed by atoms with Crippen LogP contribution >= 0.6 is 7.82 Å². The van der Waals surface area contributed by atoms with Crippen LogP contribution in [-0.4, -0.2) is 55.0 Å². The first kappa shape index (κ1) is 17.4. The highest BCUT2D eigenvalue weighted by atomic mass is 31.2. The fraction of sp³-hybridized carbons (Fsp3) is 0.500. The maximum Gasteiger partial charge on any atom is 0.466 e. The molecule has 0 radical (unpaired) electrons. The summed E-state index contributed by atoms with van der Waals surface area (Å²) in [5, 5.41) is 16.8. The zero-order valence-electron chi connectivity index (χ0n) is 8.10. The Labute approximate surface area is 89.6 Å². The number of Topliss-reactive ketones (excluding diaryl/α,β-unsaturated/α-hetero) is 3. The number of carbonyl (C=O) groups excluding carboxylic acids is 3. The van der Waals surface area contributed by atoms with E-state index in [-0.39, 0.29) is 0 Å². The Kier molecular flexibility index (Phi) is 7.99. The molecule has 1 unspecified atom stereocenters. The molecule has 10 heteroatoms. The van der Waals surface area contributed by atoms with E-state index in [0.717, 1.165) is 6.92 Å². The summed E-state index contributed by atoms with van der Waals surface area (Å²) < 4.78 is 8.88. The third-order valence-electron chi connectivity index (χ3n) is 1.06. The van der Waals surface area contributed by atoms with Crippen LogP contribution in [0.2, 0.25) is 0 Å². The molecule has 0 aliphatic carbocycles. The van der Waals surface area contributed by atoms with Crippen LogP contribution in [0.25, 0.3) is 0 Å². The Morgan fingerprint density at radius 1 is 1.19 bits per heavy atom. The topological polar surface area (TPSA) is 169 Å². The van der Waals surface area contributed by atoms with E-state index in [4.69, 9.17) is 29.5 Å². The molecule has 0 heterocycles. The van der Waals surface area contributed by atoms with Crippen molar-refractivity contribution in [1.29, 1.82) is 0 Å². The fourth-order valence-corrected chi connectivity index (χ4v) is 0.425. The second kappa shape index (κ2) is 7.34. The lowest BCUT2D eigenvalue weighted by Gasteiger charge is -2.02. The normalized spacial score (nSPS) is 12.1. The van der Waals surface area contributed by atoms with E-state index in [0.29, 0.717) is 0 Å². The Balaban J connectivity index is 0. The highest BCUT2D eigenvalue weighted by Gasteiger charge is 2.25. The molecule has 94 valence electrons. The molecular weight excluding hydrogens is 247 g/mol.